The summed E-state index contributed by atoms with van der Waals surface area (Å²) in [5.74, 6) is -1.29. The molecule has 0 aromatic heterocycles. The monoisotopic (exact) mass is 1040 g/mol. The van der Waals surface area contributed by atoms with Crippen LogP contribution in [0.3, 0.4) is 0 Å². The molecule has 66 heavy (non-hydrogen) atoms. The van der Waals surface area contributed by atoms with E-state index < -0.39 is 50.4 Å². The molecule has 6 rings (SSSR count). The van der Waals surface area contributed by atoms with Gasteiger partial charge in [-0.05, 0) is 88.7 Å². The van der Waals surface area contributed by atoms with Crippen LogP contribution in [-0.4, -0.2) is 48.2 Å². The standard InChI is InChI=1S/C14H10F3N3O4.2C13H10BrN3O4/c15-14(16,17)8-1-3-9(4-2-8)18-13(22)19-11-6-5-10(20(23)24)7-12(11)21;14-8-2-1-3-9(6-8)15-13(19)16-11-5-4-10(17(20)21)7-12(11)18;14-9-3-1-2-4-10(9)15-13(19)16-11-6-5-8(17(20)21)7-12(11)18/h1-7,21H,(H2,18,19,22);2*1-7,18H,(H2,15,16,19). The molecule has 0 atom stereocenters. The highest BCUT2D eigenvalue weighted by Gasteiger charge is 2.30. The first-order valence-electron chi connectivity index (χ1n) is 17.9. The number of hydrogen-bond acceptors (Lipinski definition) is 12. The molecule has 0 aliphatic carbocycles. The van der Waals surface area contributed by atoms with E-state index in [0.717, 1.165) is 59.1 Å². The van der Waals surface area contributed by atoms with Gasteiger partial charge in [0, 0.05) is 38.5 Å². The van der Waals surface area contributed by atoms with Crippen LogP contribution in [0.25, 0.3) is 0 Å². The number of rotatable bonds is 9. The van der Waals surface area contributed by atoms with Gasteiger partial charge in [-0.2, -0.15) is 13.2 Å². The number of para-hydroxylation sites is 1. The molecule has 0 heterocycles. The molecule has 0 fully saturated rings. The van der Waals surface area contributed by atoms with Crippen molar-refractivity contribution in [2.75, 3.05) is 31.9 Å². The number of nitrogens with zero attached hydrogens (tertiary/aromatic N) is 3. The second-order valence-corrected chi connectivity index (χ2v) is 14.4. The van der Waals surface area contributed by atoms with Gasteiger partial charge >= 0.3 is 24.3 Å². The normalized spacial score (nSPS) is 10.3. The number of nitrogens with one attached hydrogen (secondary N) is 6. The van der Waals surface area contributed by atoms with Gasteiger partial charge in [-0.1, -0.05) is 34.1 Å². The molecule has 0 aliphatic heterocycles. The van der Waals surface area contributed by atoms with Gasteiger partial charge in [0.1, 0.15) is 17.2 Å². The van der Waals surface area contributed by atoms with Gasteiger partial charge in [0.05, 0.1) is 61.3 Å². The van der Waals surface area contributed by atoms with Crippen molar-refractivity contribution in [3.8, 4) is 17.2 Å². The first-order chi connectivity index (χ1) is 31.1. The lowest BCUT2D eigenvalue weighted by Gasteiger charge is -2.10. The molecular formula is C40H30Br2F3N9O12. The van der Waals surface area contributed by atoms with Crippen LogP contribution >= 0.6 is 31.9 Å². The Morgan fingerprint density at radius 1 is 0.470 bits per heavy atom. The molecule has 0 saturated heterocycles. The molecular weight excluding hydrogens is 1020 g/mol. The van der Waals surface area contributed by atoms with E-state index in [-0.39, 0.29) is 51.3 Å². The van der Waals surface area contributed by atoms with Crippen LogP contribution in [0.2, 0.25) is 0 Å². The number of carbonyl (C=O) groups is 3. The van der Waals surface area contributed by atoms with Crippen molar-refractivity contribution in [1.29, 1.82) is 0 Å². The Labute approximate surface area is 385 Å². The first kappa shape index (κ1) is 50.1. The molecule has 0 unspecified atom stereocenters. The number of non-ortho nitro benzene ring substituents is 3. The van der Waals surface area contributed by atoms with Gasteiger partial charge < -0.3 is 47.2 Å². The van der Waals surface area contributed by atoms with Gasteiger partial charge in [0.25, 0.3) is 17.1 Å². The van der Waals surface area contributed by atoms with Crippen molar-refractivity contribution >= 4 is 101 Å². The van der Waals surface area contributed by atoms with Gasteiger partial charge in [-0.15, -0.1) is 0 Å². The maximum atomic E-state index is 12.4. The van der Waals surface area contributed by atoms with Crippen molar-refractivity contribution in [1.82, 2.24) is 0 Å². The Morgan fingerprint density at radius 3 is 1.24 bits per heavy atom. The molecule has 21 nitrogen and oxygen atoms in total. The Hall–Kier alpha value is -8.52. The summed E-state index contributed by atoms with van der Waals surface area (Å²) < 4.78 is 38.8. The number of benzene rings is 6. The average molecular weight is 1050 g/mol. The van der Waals surface area contributed by atoms with E-state index in [1.54, 1.807) is 42.5 Å². The largest absolute Gasteiger partial charge is 0.506 e. The molecule has 0 aliphatic rings. The van der Waals surface area contributed by atoms with Gasteiger partial charge in [0.2, 0.25) is 0 Å². The SMILES string of the molecule is O=C(Nc1ccc(C(F)(F)F)cc1)Nc1ccc([N+](=O)[O-])cc1O.O=C(Nc1ccc([N+](=O)[O-])cc1O)Nc1ccccc1Br.O=C(Nc1cccc(Br)c1)Nc1ccc([N+](=O)[O-])cc1O. The van der Waals surface area contributed by atoms with Crippen LogP contribution in [0.4, 0.5) is 78.7 Å². The number of aromatic hydroxyl groups is 3. The van der Waals surface area contributed by atoms with Crippen LogP contribution < -0.4 is 31.9 Å². The van der Waals surface area contributed by atoms with E-state index in [4.69, 9.17) is 0 Å². The van der Waals surface area contributed by atoms with Crippen LogP contribution in [0.15, 0.2) is 136 Å². The van der Waals surface area contributed by atoms with Crippen LogP contribution in [-0.2, 0) is 6.18 Å². The maximum absolute atomic E-state index is 12.4. The van der Waals surface area contributed by atoms with Gasteiger partial charge in [-0.3, -0.25) is 30.3 Å². The molecule has 6 aromatic rings. The highest BCUT2D eigenvalue weighted by atomic mass is 79.9. The minimum Gasteiger partial charge on any atom is -0.506 e. The van der Waals surface area contributed by atoms with E-state index in [1.807, 2.05) is 6.07 Å². The number of nitro groups is 3. The second kappa shape index (κ2) is 22.7. The quantitative estimate of drug-likeness (QED) is 0.0371. The predicted octanol–water partition coefficient (Wildman–Crippen LogP) is 11.4. The van der Waals surface area contributed by atoms with Crippen molar-refractivity contribution < 1.29 is 57.6 Å². The average Bonchev–Trinajstić information content (AvgIpc) is 3.24. The summed E-state index contributed by atoms with van der Waals surface area (Å²) in [6.45, 7) is 0. The molecule has 6 aromatic carbocycles. The number of halogens is 5. The fourth-order valence-electron chi connectivity index (χ4n) is 4.93. The number of anilines is 6. The highest BCUT2D eigenvalue weighted by molar-refractivity contribution is 9.10. The zero-order chi connectivity index (χ0) is 48.7. The molecule has 0 spiro atoms. The first-order valence-corrected chi connectivity index (χ1v) is 19.5. The number of nitro benzene ring substituents is 3. The molecule has 6 amide bonds. The summed E-state index contributed by atoms with van der Waals surface area (Å²) in [6.07, 6.45) is -4.48. The summed E-state index contributed by atoms with van der Waals surface area (Å²) in [4.78, 5) is 65.0. The lowest BCUT2D eigenvalue weighted by atomic mass is 10.2. The number of alkyl halides is 3. The van der Waals surface area contributed by atoms with Crippen molar-refractivity contribution in [2.24, 2.45) is 0 Å². The van der Waals surface area contributed by atoms with E-state index in [2.05, 4.69) is 63.8 Å². The Kier molecular flexibility index (Phi) is 17.3. The number of hydrogen-bond donors (Lipinski definition) is 9. The second-order valence-electron chi connectivity index (χ2n) is 12.7. The molecule has 26 heteroatoms. The minimum absolute atomic E-state index is 0.0742. The summed E-state index contributed by atoms with van der Waals surface area (Å²) in [6, 6.07) is 25.6. The van der Waals surface area contributed by atoms with Gasteiger partial charge in [0.15, 0.2) is 0 Å². The lowest BCUT2D eigenvalue weighted by Crippen LogP contribution is -2.19. The van der Waals surface area contributed by atoms with E-state index >= 15 is 0 Å². The summed E-state index contributed by atoms with van der Waals surface area (Å²) in [7, 11) is 0. The third-order valence-electron chi connectivity index (χ3n) is 8.00. The zero-order valence-corrected chi connectivity index (χ0v) is 36.0. The fourth-order valence-corrected chi connectivity index (χ4v) is 5.72. The summed E-state index contributed by atoms with van der Waals surface area (Å²) >= 11 is 6.56. The van der Waals surface area contributed by atoms with Crippen molar-refractivity contribution in [2.45, 2.75) is 6.18 Å². The fraction of sp³-hybridized carbons (Fsp3) is 0.0250. The molecule has 342 valence electrons. The van der Waals surface area contributed by atoms with Crippen molar-refractivity contribution in [3.05, 3.63) is 172 Å². The zero-order valence-electron chi connectivity index (χ0n) is 32.9. The number of urea groups is 3. The Bertz CT molecular complexity index is 2790. The molecule has 0 saturated carbocycles. The third-order valence-corrected chi connectivity index (χ3v) is 9.18. The number of phenolic OH excluding ortho intramolecular Hbond substituents is 3. The third kappa shape index (κ3) is 15.4. The van der Waals surface area contributed by atoms with Crippen LogP contribution in [0.1, 0.15) is 5.56 Å². The smallest absolute Gasteiger partial charge is 0.416 e. The summed E-state index contributed by atoms with van der Waals surface area (Å²) in [5, 5.41) is 75.0. The summed E-state index contributed by atoms with van der Waals surface area (Å²) in [5.41, 5.74) is -0.470. The number of carbonyl (C=O) groups excluding carboxylic acids is 3. The lowest BCUT2D eigenvalue weighted by molar-refractivity contribution is -0.385. The van der Waals surface area contributed by atoms with Crippen molar-refractivity contribution in [3.63, 3.8) is 0 Å². The minimum atomic E-state index is -4.48. The van der Waals surface area contributed by atoms with E-state index in [9.17, 15) is 73.2 Å². The molecule has 9 N–H and O–H groups in total. The Balaban J connectivity index is 0.000000217. The predicted molar refractivity (Wildman–Crippen MR) is 242 cm³/mol. The molecule has 0 radical (unpaired) electrons. The van der Waals surface area contributed by atoms with E-state index in [1.165, 1.54) is 24.3 Å². The molecule has 0 bridgehead atoms. The number of phenols is 3. The van der Waals surface area contributed by atoms with Crippen LogP contribution in [0.5, 0.6) is 17.2 Å². The maximum Gasteiger partial charge on any atom is 0.416 e. The van der Waals surface area contributed by atoms with E-state index in [0.29, 0.717) is 15.8 Å². The highest BCUT2D eigenvalue weighted by Crippen LogP contribution is 2.32. The Morgan fingerprint density at radius 2 is 0.864 bits per heavy atom. The van der Waals surface area contributed by atoms with Crippen LogP contribution in [0, 0.1) is 30.3 Å². The van der Waals surface area contributed by atoms with Gasteiger partial charge in [-0.25, -0.2) is 14.4 Å². The topological polar surface area (TPSA) is 314 Å². The number of amides is 6.